The number of amides is 1. The summed E-state index contributed by atoms with van der Waals surface area (Å²) in [6.45, 7) is 5.95. The fraction of sp³-hybridized carbons (Fsp3) is 0.348. The van der Waals surface area contributed by atoms with Gasteiger partial charge in [-0.1, -0.05) is 17.4 Å². The summed E-state index contributed by atoms with van der Waals surface area (Å²) in [7, 11) is 4.45. The highest BCUT2D eigenvalue weighted by molar-refractivity contribution is 7.16. The Morgan fingerprint density at radius 3 is 2.22 bits per heavy atom. The van der Waals surface area contributed by atoms with Crippen LogP contribution < -0.4 is 19.0 Å². The summed E-state index contributed by atoms with van der Waals surface area (Å²) in [5.41, 5.74) is 3.20. The Morgan fingerprint density at radius 2 is 1.66 bits per heavy atom. The SMILES string of the molecule is CCOC(=O)Cn1c(=NC(=O)c2cc(OC)c(OC)c(OC)c2)sc2cc(C)cc(C)c21. The summed E-state index contributed by atoms with van der Waals surface area (Å²) in [5.74, 6) is 0.203. The molecule has 9 heteroatoms. The number of aryl methyl sites for hydroxylation is 2. The number of thiazole rings is 1. The summed E-state index contributed by atoms with van der Waals surface area (Å²) in [4.78, 5) is 30.1. The first kappa shape index (κ1) is 23.3. The van der Waals surface area contributed by atoms with Crippen molar-refractivity contribution in [1.82, 2.24) is 4.57 Å². The molecule has 0 spiro atoms. The summed E-state index contributed by atoms with van der Waals surface area (Å²) in [6.07, 6.45) is 0. The molecule has 3 aromatic rings. The second-order valence-corrected chi connectivity index (χ2v) is 8.04. The maximum Gasteiger partial charge on any atom is 0.326 e. The van der Waals surface area contributed by atoms with Gasteiger partial charge in [0.1, 0.15) is 6.54 Å². The van der Waals surface area contributed by atoms with E-state index in [1.54, 1.807) is 23.6 Å². The molecule has 0 aliphatic heterocycles. The summed E-state index contributed by atoms with van der Waals surface area (Å²) >= 11 is 1.34. The normalized spacial score (nSPS) is 11.5. The van der Waals surface area contributed by atoms with E-state index in [1.807, 2.05) is 26.0 Å². The van der Waals surface area contributed by atoms with Crippen molar-refractivity contribution >= 4 is 33.4 Å². The van der Waals surface area contributed by atoms with Gasteiger partial charge in [0.25, 0.3) is 5.91 Å². The quantitative estimate of drug-likeness (QED) is 0.502. The molecule has 8 nitrogen and oxygen atoms in total. The zero-order valence-corrected chi connectivity index (χ0v) is 19.8. The molecule has 0 saturated heterocycles. The van der Waals surface area contributed by atoms with E-state index >= 15 is 0 Å². The average molecular weight is 459 g/mol. The molecule has 0 aliphatic carbocycles. The highest BCUT2D eigenvalue weighted by Gasteiger charge is 2.18. The fourth-order valence-electron chi connectivity index (χ4n) is 3.52. The largest absolute Gasteiger partial charge is 0.493 e. The van der Waals surface area contributed by atoms with Crippen LogP contribution in [0.15, 0.2) is 29.3 Å². The van der Waals surface area contributed by atoms with Crippen LogP contribution in [0.2, 0.25) is 0 Å². The van der Waals surface area contributed by atoms with E-state index in [-0.39, 0.29) is 18.7 Å². The van der Waals surface area contributed by atoms with Crippen molar-refractivity contribution < 1.29 is 28.5 Å². The number of aromatic nitrogens is 1. The van der Waals surface area contributed by atoms with Crippen LogP contribution in [-0.4, -0.2) is 44.4 Å². The molecule has 0 bridgehead atoms. The summed E-state index contributed by atoms with van der Waals surface area (Å²) in [5, 5.41) is 0. The number of carbonyl (C=O) groups is 2. The number of carbonyl (C=O) groups excluding carboxylic acids is 2. The minimum absolute atomic E-state index is 0.0426. The summed E-state index contributed by atoms with van der Waals surface area (Å²) < 4.78 is 23.8. The van der Waals surface area contributed by atoms with E-state index in [9.17, 15) is 9.59 Å². The van der Waals surface area contributed by atoms with Gasteiger partial charge in [-0.25, -0.2) is 0 Å². The van der Waals surface area contributed by atoms with Gasteiger partial charge >= 0.3 is 5.97 Å². The Balaban J connectivity index is 2.18. The van der Waals surface area contributed by atoms with Crippen molar-refractivity contribution in [3.05, 3.63) is 45.8 Å². The van der Waals surface area contributed by atoms with Crippen LogP contribution in [0.3, 0.4) is 0 Å². The third-order valence-corrected chi connectivity index (χ3v) is 5.84. The standard InChI is InChI=1S/C23H26N2O6S/c1-7-31-19(26)12-25-20-14(3)8-13(2)9-18(20)32-23(25)24-22(27)15-10-16(28-4)21(30-6)17(11-15)29-5/h8-11H,7,12H2,1-6H3. The van der Waals surface area contributed by atoms with Gasteiger partial charge in [0, 0.05) is 5.56 Å². The third kappa shape index (κ3) is 4.62. The molecular weight excluding hydrogens is 432 g/mol. The topological polar surface area (TPSA) is 88.4 Å². The third-order valence-electron chi connectivity index (χ3n) is 4.81. The Labute approximate surface area is 190 Å². The first-order chi connectivity index (χ1) is 15.3. The van der Waals surface area contributed by atoms with Gasteiger partial charge in [-0.3, -0.25) is 9.59 Å². The zero-order chi connectivity index (χ0) is 23.4. The van der Waals surface area contributed by atoms with Crippen molar-refractivity contribution in [2.75, 3.05) is 27.9 Å². The van der Waals surface area contributed by atoms with Gasteiger partial charge in [0.15, 0.2) is 16.3 Å². The van der Waals surface area contributed by atoms with Crippen LogP contribution in [0.4, 0.5) is 0 Å². The van der Waals surface area contributed by atoms with Gasteiger partial charge in [-0.2, -0.15) is 4.99 Å². The van der Waals surface area contributed by atoms with Crippen LogP contribution in [0.5, 0.6) is 17.2 Å². The number of ether oxygens (including phenoxy) is 4. The van der Waals surface area contributed by atoms with E-state index in [2.05, 4.69) is 4.99 Å². The minimum Gasteiger partial charge on any atom is -0.493 e. The molecule has 170 valence electrons. The number of esters is 1. The molecular formula is C23H26N2O6S. The molecule has 0 saturated carbocycles. The van der Waals surface area contributed by atoms with E-state index < -0.39 is 11.9 Å². The first-order valence-corrected chi connectivity index (χ1v) is 10.8. The molecule has 1 heterocycles. The van der Waals surface area contributed by atoms with Gasteiger partial charge in [0.05, 0.1) is 38.2 Å². The number of hydrogen-bond donors (Lipinski definition) is 0. The van der Waals surface area contributed by atoms with Crippen LogP contribution >= 0.6 is 11.3 Å². The summed E-state index contributed by atoms with van der Waals surface area (Å²) in [6, 6.07) is 7.14. The Bertz CT molecular complexity index is 1220. The van der Waals surface area contributed by atoms with E-state index in [4.69, 9.17) is 18.9 Å². The zero-order valence-electron chi connectivity index (χ0n) is 19.0. The molecule has 32 heavy (non-hydrogen) atoms. The second kappa shape index (κ2) is 9.86. The number of benzene rings is 2. The first-order valence-electron chi connectivity index (χ1n) is 9.98. The predicted molar refractivity (Wildman–Crippen MR) is 122 cm³/mol. The lowest BCUT2D eigenvalue weighted by Crippen LogP contribution is -2.23. The van der Waals surface area contributed by atoms with Crippen molar-refractivity contribution in [2.45, 2.75) is 27.3 Å². The van der Waals surface area contributed by atoms with Crippen molar-refractivity contribution in [1.29, 1.82) is 0 Å². The van der Waals surface area contributed by atoms with Gasteiger partial charge in [0.2, 0.25) is 5.75 Å². The van der Waals surface area contributed by atoms with Crippen molar-refractivity contribution in [3.63, 3.8) is 0 Å². The highest BCUT2D eigenvalue weighted by atomic mass is 32.1. The Hall–Kier alpha value is -3.33. The molecule has 0 N–H and O–H groups in total. The number of fused-ring (bicyclic) bond motifs is 1. The van der Waals surface area contributed by atoms with E-state index in [1.165, 1.54) is 32.7 Å². The van der Waals surface area contributed by atoms with Crippen LogP contribution in [0.1, 0.15) is 28.4 Å². The lowest BCUT2D eigenvalue weighted by molar-refractivity contribution is -0.143. The van der Waals surface area contributed by atoms with E-state index in [0.717, 1.165) is 21.3 Å². The monoisotopic (exact) mass is 458 g/mol. The number of nitrogens with zero attached hydrogens (tertiary/aromatic N) is 2. The molecule has 0 aliphatic rings. The minimum atomic E-state index is -0.497. The Morgan fingerprint density at radius 1 is 1.00 bits per heavy atom. The van der Waals surface area contributed by atoms with Gasteiger partial charge in [-0.15, -0.1) is 0 Å². The van der Waals surface area contributed by atoms with Crippen molar-refractivity contribution in [2.24, 2.45) is 4.99 Å². The maximum absolute atomic E-state index is 13.1. The highest BCUT2D eigenvalue weighted by Crippen LogP contribution is 2.38. The average Bonchev–Trinajstić information content (AvgIpc) is 3.09. The number of rotatable bonds is 7. The smallest absolute Gasteiger partial charge is 0.326 e. The van der Waals surface area contributed by atoms with Gasteiger partial charge in [-0.05, 0) is 50.1 Å². The number of methoxy groups -OCH3 is 3. The predicted octanol–water partition coefficient (Wildman–Crippen LogP) is 3.65. The molecule has 3 rings (SSSR count). The van der Waals surface area contributed by atoms with Crippen LogP contribution in [0, 0.1) is 13.8 Å². The molecule has 0 unspecified atom stereocenters. The second-order valence-electron chi connectivity index (χ2n) is 7.04. The molecule has 0 fully saturated rings. The lowest BCUT2D eigenvalue weighted by atomic mass is 10.1. The van der Waals surface area contributed by atoms with Crippen molar-refractivity contribution in [3.8, 4) is 17.2 Å². The molecule has 0 radical (unpaired) electrons. The lowest BCUT2D eigenvalue weighted by Gasteiger charge is -2.12. The molecule has 1 aromatic heterocycles. The fourth-order valence-corrected chi connectivity index (χ4v) is 4.72. The molecule has 1 amide bonds. The van der Waals surface area contributed by atoms with E-state index in [0.29, 0.717) is 22.0 Å². The molecule has 2 aromatic carbocycles. The number of hydrogen-bond acceptors (Lipinski definition) is 7. The van der Waals surface area contributed by atoms with Crippen LogP contribution in [0.25, 0.3) is 10.2 Å². The molecule has 0 atom stereocenters. The Kier molecular flexibility index (Phi) is 7.19. The maximum atomic E-state index is 13.1. The van der Waals surface area contributed by atoms with Gasteiger partial charge < -0.3 is 23.5 Å². The van der Waals surface area contributed by atoms with Crippen LogP contribution in [-0.2, 0) is 16.1 Å².